The Morgan fingerprint density at radius 3 is 2.25 bits per heavy atom. The van der Waals surface area contributed by atoms with Crippen LogP contribution in [0.4, 0.5) is 0 Å². The molecule has 2 aromatic carbocycles. The Morgan fingerprint density at radius 2 is 1.70 bits per heavy atom. The molecule has 0 saturated heterocycles. The predicted octanol–water partition coefficient (Wildman–Crippen LogP) is 3.34. The van der Waals surface area contributed by atoms with E-state index in [1.54, 1.807) is 7.11 Å². The highest BCUT2D eigenvalue weighted by atomic mass is 16.5. The van der Waals surface area contributed by atoms with Crippen molar-refractivity contribution >= 4 is 11.8 Å². The third-order valence-corrected chi connectivity index (χ3v) is 2.96. The average molecular weight is 267 g/mol. The van der Waals surface area contributed by atoms with E-state index in [1.807, 2.05) is 66.7 Å². The van der Waals surface area contributed by atoms with Crippen molar-refractivity contribution in [2.45, 2.75) is 0 Å². The molecule has 0 bridgehead atoms. The molecule has 102 valence electrons. The number of hydroxylamine groups is 1. The third kappa shape index (κ3) is 3.48. The first kappa shape index (κ1) is 13.9. The first-order valence-corrected chi connectivity index (χ1v) is 6.36. The van der Waals surface area contributed by atoms with Crippen LogP contribution in [0.3, 0.4) is 0 Å². The Labute approximate surface area is 119 Å². The molecule has 0 aliphatic heterocycles. The molecule has 3 heteroatoms. The molecule has 2 aromatic rings. The summed E-state index contributed by atoms with van der Waals surface area (Å²) in [4.78, 5) is 0. The molecule has 3 nitrogen and oxygen atoms in total. The molecular formula is C17H17NO2. The second-order valence-corrected chi connectivity index (χ2v) is 4.36. The summed E-state index contributed by atoms with van der Waals surface area (Å²) in [6.45, 7) is 0. The number of ether oxygens (including phenoxy) is 1. The van der Waals surface area contributed by atoms with Gasteiger partial charge >= 0.3 is 0 Å². The van der Waals surface area contributed by atoms with Gasteiger partial charge in [-0.25, -0.2) is 4.74 Å². The Kier molecular flexibility index (Phi) is 4.56. The first-order valence-electron chi connectivity index (χ1n) is 6.36. The van der Waals surface area contributed by atoms with E-state index in [2.05, 4.69) is 0 Å². The van der Waals surface area contributed by atoms with Crippen molar-refractivity contribution in [1.29, 1.82) is 0 Å². The monoisotopic (exact) mass is 267 g/mol. The van der Waals surface area contributed by atoms with Gasteiger partial charge in [0.2, 0.25) is 5.71 Å². The maximum Gasteiger partial charge on any atom is 0.218 e. The summed E-state index contributed by atoms with van der Waals surface area (Å²) < 4.78 is 5.99. The minimum absolute atomic E-state index is 0.626. The van der Waals surface area contributed by atoms with Crippen molar-refractivity contribution in [3.63, 3.8) is 0 Å². The lowest BCUT2D eigenvalue weighted by molar-refractivity contribution is -0.421. The minimum atomic E-state index is 0.626. The number of rotatable bonds is 4. The van der Waals surface area contributed by atoms with E-state index in [0.717, 1.165) is 21.6 Å². The molecule has 0 saturated carbocycles. The highest BCUT2D eigenvalue weighted by molar-refractivity contribution is 6.07. The maximum atomic E-state index is 11.7. The fourth-order valence-electron chi connectivity index (χ4n) is 1.88. The van der Waals surface area contributed by atoms with Gasteiger partial charge in [0.1, 0.15) is 12.8 Å². The number of hydrogen-bond donors (Lipinski definition) is 0. The van der Waals surface area contributed by atoms with Crippen molar-refractivity contribution in [3.05, 3.63) is 77.0 Å². The summed E-state index contributed by atoms with van der Waals surface area (Å²) in [5.41, 5.74) is 2.54. The van der Waals surface area contributed by atoms with E-state index in [-0.39, 0.29) is 0 Å². The zero-order chi connectivity index (χ0) is 14.4. The summed E-state index contributed by atoms with van der Waals surface area (Å²) in [6.07, 6.45) is 3.74. The largest absolute Gasteiger partial charge is 0.624 e. The zero-order valence-corrected chi connectivity index (χ0v) is 11.6. The Morgan fingerprint density at radius 1 is 1.05 bits per heavy atom. The van der Waals surface area contributed by atoms with Crippen LogP contribution in [-0.4, -0.2) is 24.6 Å². The second kappa shape index (κ2) is 6.57. The van der Waals surface area contributed by atoms with E-state index in [1.165, 1.54) is 7.05 Å². The van der Waals surface area contributed by atoms with Crippen molar-refractivity contribution < 1.29 is 9.48 Å². The topological polar surface area (TPSA) is 35.3 Å². The molecule has 0 aromatic heterocycles. The molecule has 0 atom stereocenters. The Hall–Kier alpha value is -2.55. The van der Waals surface area contributed by atoms with Crippen molar-refractivity contribution in [2.75, 3.05) is 14.2 Å². The fourth-order valence-corrected chi connectivity index (χ4v) is 1.88. The van der Waals surface area contributed by atoms with Crippen LogP contribution in [0.25, 0.3) is 6.08 Å². The highest BCUT2D eigenvalue weighted by Crippen LogP contribution is 2.13. The van der Waals surface area contributed by atoms with Crippen molar-refractivity contribution in [1.82, 2.24) is 0 Å². The standard InChI is InChI=1S/C17H17NO2/c1-18(19)17(15-6-4-3-5-7-15)13-10-14-8-11-16(20-2)12-9-14/h3-13H,1-2H3/b13-10+,18-17+. The Bertz CT molecular complexity index is 609. The normalized spacial score (nSPS) is 12.3. The molecule has 2 rings (SSSR count). The van der Waals surface area contributed by atoms with E-state index in [9.17, 15) is 5.21 Å². The highest BCUT2D eigenvalue weighted by Gasteiger charge is 2.05. The summed E-state index contributed by atoms with van der Waals surface area (Å²) in [6, 6.07) is 17.3. The molecule has 0 aliphatic carbocycles. The zero-order valence-electron chi connectivity index (χ0n) is 11.6. The molecule has 0 fully saturated rings. The average Bonchev–Trinajstić information content (AvgIpc) is 2.49. The first-order chi connectivity index (χ1) is 9.70. The lowest BCUT2D eigenvalue weighted by Crippen LogP contribution is -2.10. The molecule has 0 radical (unpaired) electrons. The van der Waals surface area contributed by atoms with E-state index in [4.69, 9.17) is 4.74 Å². The van der Waals surface area contributed by atoms with Gasteiger partial charge in [-0.15, -0.1) is 0 Å². The van der Waals surface area contributed by atoms with E-state index in [0.29, 0.717) is 5.71 Å². The lowest BCUT2D eigenvalue weighted by Gasteiger charge is -2.04. The molecule has 0 heterocycles. The quantitative estimate of drug-likeness (QED) is 0.368. The van der Waals surface area contributed by atoms with Gasteiger partial charge in [0, 0.05) is 11.6 Å². The SMILES string of the molecule is COc1ccc(/C=C/C(c2ccccc2)=[N+](/C)[O-])cc1. The van der Waals surface area contributed by atoms with Gasteiger partial charge in [0.05, 0.1) is 7.11 Å². The van der Waals surface area contributed by atoms with Crippen LogP contribution in [0.2, 0.25) is 0 Å². The number of hydrogen-bond acceptors (Lipinski definition) is 2. The Balaban J connectivity index is 2.25. The van der Waals surface area contributed by atoms with Gasteiger partial charge in [-0.3, -0.25) is 0 Å². The fraction of sp³-hybridized carbons (Fsp3) is 0.118. The third-order valence-electron chi connectivity index (χ3n) is 2.96. The van der Waals surface area contributed by atoms with E-state index < -0.39 is 0 Å². The van der Waals surface area contributed by atoms with Crippen LogP contribution in [0.1, 0.15) is 11.1 Å². The summed E-state index contributed by atoms with van der Waals surface area (Å²) in [7, 11) is 3.14. The lowest BCUT2D eigenvalue weighted by atomic mass is 10.1. The van der Waals surface area contributed by atoms with Gasteiger partial charge in [-0.05, 0) is 35.9 Å². The predicted molar refractivity (Wildman–Crippen MR) is 82.1 cm³/mol. The van der Waals surface area contributed by atoms with Crippen LogP contribution in [0.15, 0.2) is 60.7 Å². The molecule has 20 heavy (non-hydrogen) atoms. The molecule has 0 spiro atoms. The second-order valence-electron chi connectivity index (χ2n) is 4.36. The molecule has 0 amide bonds. The van der Waals surface area contributed by atoms with Crippen LogP contribution >= 0.6 is 0 Å². The van der Waals surface area contributed by atoms with Gasteiger partial charge in [0.15, 0.2) is 0 Å². The van der Waals surface area contributed by atoms with Crippen LogP contribution in [0.5, 0.6) is 5.75 Å². The van der Waals surface area contributed by atoms with Crippen LogP contribution in [-0.2, 0) is 0 Å². The molecule has 0 unspecified atom stereocenters. The smallest absolute Gasteiger partial charge is 0.218 e. The number of methoxy groups -OCH3 is 1. The van der Waals surface area contributed by atoms with Gasteiger partial charge in [-0.1, -0.05) is 30.3 Å². The number of allylic oxidation sites excluding steroid dienone is 1. The van der Waals surface area contributed by atoms with Gasteiger partial charge in [0.25, 0.3) is 0 Å². The number of benzene rings is 2. The van der Waals surface area contributed by atoms with Gasteiger partial charge in [-0.2, -0.15) is 0 Å². The summed E-state index contributed by atoms with van der Waals surface area (Å²) >= 11 is 0. The van der Waals surface area contributed by atoms with Crippen LogP contribution in [0, 0.1) is 5.21 Å². The minimum Gasteiger partial charge on any atom is -0.624 e. The maximum absolute atomic E-state index is 11.7. The molecular weight excluding hydrogens is 250 g/mol. The molecule has 0 aliphatic rings. The molecule has 0 N–H and O–H groups in total. The van der Waals surface area contributed by atoms with Crippen molar-refractivity contribution in [3.8, 4) is 5.75 Å². The van der Waals surface area contributed by atoms with Gasteiger partial charge < -0.3 is 9.94 Å². The summed E-state index contributed by atoms with van der Waals surface area (Å²) in [5.74, 6) is 0.815. The van der Waals surface area contributed by atoms with Crippen LogP contribution < -0.4 is 4.74 Å². The van der Waals surface area contributed by atoms with Crippen molar-refractivity contribution in [2.24, 2.45) is 0 Å². The van der Waals surface area contributed by atoms with E-state index >= 15 is 0 Å². The number of nitrogens with zero attached hydrogens (tertiary/aromatic N) is 1. The summed E-state index contributed by atoms with van der Waals surface area (Å²) in [5, 5.41) is 11.7.